The maximum Gasteiger partial charge on any atom is 0.158 e. The SMILES string of the molecule is CC=C(CC)C(=O)CCCOC. The quantitative estimate of drug-likeness (QED) is 0.452. The average Bonchev–Trinajstić information content (AvgIpc) is 2.07. The number of hydrogen-bond donors (Lipinski definition) is 0. The Morgan fingerprint density at radius 3 is 2.58 bits per heavy atom. The predicted octanol–water partition coefficient (Wildman–Crippen LogP) is 2.34. The maximum atomic E-state index is 11.4. The minimum absolute atomic E-state index is 0.261. The third-order valence-corrected chi connectivity index (χ3v) is 1.84. The molecule has 2 nitrogen and oxygen atoms in total. The fourth-order valence-electron chi connectivity index (χ4n) is 1.10. The molecule has 0 unspecified atom stereocenters. The van der Waals surface area contributed by atoms with Crippen molar-refractivity contribution in [3.63, 3.8) is 0 Å². The van der Waals surface area contributed by atoms with Crippen LogP contribution in [0, 0.1) is 0 Å². The highest BCUT2D eigenvalue weighted by molar-refractivity contribution is 5.95. The number of Topliss-reactive ketones (excluding diaryl/α,β-unsaturated/α-hetero) is 1. The van der Waals surface area contributed by atoms with E-state index in [9.17, 15) is 4.79 Å². The van der Waals surface area contributed by atoms with Crippen LogP contribution in [-0.4, -0.2) is 19.5 Å². The van der Waals surface area contributed by atoms with Gasteiger partial charge in [0.15, 0.2) is 5.78 Å². The standard InChI is InChI=1S/C10H18O2/c1-4-9(5-2)10(11)7-6-8-12-3/h4H,5-8H2,1-3H3. The van der Waals surface area contributed by atoms with E-state index in [0.717, 1.165) is 18.4 Å². The Morgan fingerprint density at radius 2 is 2.17 bits per heavy atom. The number of methoxy groups -OCH3 is 1. The first kappa shape index (κ1) is 11.4. The zero-order valence-electron chi connectivity index (χ0n) is 8.22. The van der Waals surface area contributed by atoms with Crippen LogP contribution in [0.5, 0.6) is 0 Å². The Morgan fingerprint density at radius 1 is 1.50 bits per heavy atom. The lowest BCUT2D eigenvalue weighted by Crippen LogP contribution is -2.03. The van der Waals surface area contributed by atoms with Gasteiger partial charge in [0, 0.05) is 20.1 Å². The molecule has 0 aromatic heterocycles. The van der Waals surface area contributed by atoms with Crippen LogP contribution in [0.1, 0.15) is 33.1 Å². The van der Waals surface area contributed by atoms with Crippen LogP contribution in [-0.2, 0) is 9.53 Å². The molecule has 2 heteroatoms. The molecule has 0 saturated carbocycles. The second-order valence-electron chi connectivity index (χ2n) is 2.69. The molecule has 0 aliphatic heterocycles. The summed E-state index contributed by atoms with van der Waals surface area (Å²) in [7, 11) is 1.65. The lowest BCUT2D eigenvalue weighted by atomic mass is 10.1. The van der Waals surface area contributed by atoms with E-state index in [1.165, 1.54) is 0 Å². The van der Waals surface area contributed by atoms with E-state index in [4.69, 9.17) is 4.74 Å². The van der Waals surface area contributed by atoms with Crippen molar-refractivity contribution >= 4 is 5.78 Å². The molecule has 0 aliphatic carbocycles. The van der Waals surface area contributed by atoms with E-state index in [1.54, 1.807) is 7.11 Å². The van der Waals surface area contributed by atoms with Gasteiger partial charge in [-0.3, -0.25) is 4.79 Å². The highest BCUT2D eigenvalue weighted by Gasteiger charge is 2.04. The summed E-state index contributed by atoms with van der Waals surface area (Å²) in [6.07, 6.45) is 4.17. The lowest BCUT2D eigenvalue weighted by Gasteiger charge is -2.01. The van der Waals surface area contributed by atoms with Gasteiger partial charge in [-0.25, -0.2) is 0 Å². The molecule has 0 bridgehead atoms. The smallest absolute Gasteiger partial charge is 0.158 e. The van der Waals surface area contributed by atoms with Crippen molar-refractivity contribution < 1.29 is 9.53 Å². The summed E-state index contributed by atoms with van der Waals surface area (Å²) in [6, 6.07) is 0. The summed E-state index contributed by atoms with van der Waals surface area (Å²) in [5.74, 6) is 0.261. The van der Waals surface area contributed by atoms with Gasteiger partial charge in [0.05, 0.1) is 0 Å². The van der Waals surface area contributed by atoms with Crippen molar-refractivity contribution in [2.75, 3.05) is 13.7 Å². The van der Waals surface area contributed by atoms with Crippen LogP contribution >= 0.6 is 0 Å². The van der Waals surface area contributed by atoms with E-state index in [-0.39, 0.29) is 5.78 Å². The number of hydrogen-bond acceptors (Lipinski definition) is 2. The number of rotatable bonds is 6. The van der Waals surface area contributed by atoms with Gasteiger partial charge in [-0.15, -0.1) is 0 Å². The van der Waals surface area contributed by atoms with Crippen molar-refractivity contribution in [2.24, 2.45) is 0 Å². The molecule has 12 heavy (non-hydrogen) atoms. The second-order valence-corrected chi connectivity index (χ2v) is 2.69. The van der Waals surface area contributed by atoms with Gasteiger partial charge in [0.1, 0.15) is 0 Å². The molecule has 0 heterocycles. The molecular weight excluding hydrogens is 152 g/mol. The summed E-state index contributed by atoms with van der Waals surface area (Å²) < 4.78 is 4.87. The van der Waals surface area contributed by atoms with Crippen LogP contribution in [0.25, 0.3) is 0 Å². The highest BCUT2D eigenvalue weighted by atomic mass is 16.5. The molecule has 0 N–H and O–H groups in total. The van der Waals surface area contributed by atoms with E-state index >= 15 is 0 Å². The lowest BCUT2D eigenvalue weighted by molar-refractivity contribution is -0.116. The van der Waals surface area contributed by atoms with Gasteiger partial charge in [-0.1, -0.05) is 13.0 Å². The van der Waals surface area contributed by atoms with E-state index < -0.39 is 0 Å². The molecule has 0 aromatic carbocycles. The van der Waals surface area contributed by atoms with Crippen LogP contribution in [0.3, 0.4) is 0 Å². The fraction of sp³-hybridized carbons (Fsp3) is 0.700. The molecule has 0 aromatic rings. The van der Waals surface area contributed by atoms with E-state index in [1.807, 2.05) is 19.9 Å². The van der Waals surface area contributed by atoms with E-state index in [0.29, 0.717) is 13.0 Å². The first-order valence-corrected chi connectivity index (χ1v) is 4.43. The largest absolute Gasteiger partial charge is 0.385 e. The molecule has 0 rings (SSSR count). The van der Waals surface area contributed by atoms with E-state index in [2.05, 4.69) is 0 Å². The fourth-order valence-corrected chi connectivity index (χ4v) is 1.10. The van der Waals surface area contributed by atoms with Gasteiger partial charge in [0.2, 0.25) is 0 Å². The highest BCUT2D eigenvalue weighted by Crippen LogP contribution is 2.06. The van der Waals surface area contributed by atoms with Crippen molar-refractivity contribution in [3.05, 3.63) is 11.6 Å². The first-order valence-electron chi connectivity index (χ1n) is 4.43. The van der Waals surface area contributed by atoms with Crippen LogP contribution in [0.2, 0.25) is 0 Å². The zero-order chi connectivity index (χ0) is 9.40. The summed E-state index contributed by atoms with van der Waals surface area (Å²) in [5, 5.41) is 0. The number of allylic oxidation sites excluding steroid dienone is 2. The Balaban J connectivity index is 3.71. The summed E-state index contributed by atoms with van der Waals surface area (Å²) >= 11 is 0. The summed E-state index contributed by atoms with van der Waals surface area (Å²) in [5.41, 5.74) is 0.936. The third kappa shape index (κ3) is 4.29. The topological polar surface area (TPSA) is 26.3 Å². The maximum absolute atomic E-state index is 11.4. The molecule has 0 radical (unpaired) electrons. The molecular formula is C10H18O2. The number of ether oxygens (including phenoxy) is 1. The number of ketones is 1. The van der Waals surface area contributed by atoms with Crippen LogP contribution in [0.4, 0.5) is 0 Å². The van der Waals surface area contributed by atoms with Crippen molar-refractivity contribution in [2.45, 2.75) is 33.1 Å². The molecule has 0 amide bonds. The monoisotopic (exact) mass is 170 g/mol. The molecule has 70 valence electrons. The molecule has 0 saturated heterocycles. The van der Waals surface area contributed by atoms with Crippen LogP contribution < -0.4 is 0 Å². The number of carbonyl (C=O) groups excluding carboxylic acids is 1. The molecule has 0 fully saturated rings. The van der Waals surface area contributed by atoms with Crippen molar-refractivity contribution in [1.29, 1.82) is 0 Å². The van der Waals surface area contributed by atoms with Gasteiger partial charge < -0.3 is 4.74 Å². The van der Waals surface area contributed by atoms with Crippen molar-refractivity contribution in [1.82, 2.24) is 0 Å². The average molecular weight is 170 g/mol. The zero-order valence-corrected chi connectivity index (χ0v) is 8.22. The van der Waals surface area contributed by atoms with Gasteiger partial charge >= 0.3 is 0 Å². The summed E-state index contributed by atoms with van der Waals surface area (Å²) in [6.45, 7) is 4.59. The number of carbonyl (C=O) groups is 1. The Bertz CT molecular complexity index is 159. The van der Waals surface area contributed by atoms with Crippen LogP contribution in [0.15, 0.2) is 11.6 Å². The minimum atomic E-state index is 0.261. The Hall–Kier alpha value is -0.630. The van der Waals surface area contributed by atoms with Gasteiger partial charge in [-0.2, -0.15) is 0 Å². The Labute approximate surface area is 74.6 Å². The summed E-state index contributed by atoms with van der Waals surface area (Å²) in [4.78, 5) is 11.4. The second kappa shape index (κ2) is 7.04. The predicted molar refractivity (Wildman–Crippen MR) is 50.2 cm³/mol. The molecule has 0 spiro atoms. The van der Waals surface area contributed by atoms with Crippen molar-refractivity contribution in [3.8, 4) is 0 Å². The van der Waals surface area contributed by atoms with Gasteiger partial charge in [0.25, 0.3) is 0 Å². The Kier molecular flexibility index (Phi) is 6.67. The first-order chi connectivity index (χ1) is 5.76. The minimum Gasteiger partial charge on any atom is -0.385 e. The molecule has 0 atom stereocenters. The third-order valence-electron chi connectivity index (χ3n) is 1.84. The molecule has 0 aliphatic rings. The normalized spacial score (nSPS) is 11.8. The van der Waals surface area contributed by atoms with Gasteiger partial charge in [-0.05, 0) is 25.3 Å².